The van der Waals surface area contributed by atoms with Crippen LogP contribution in [0.3, 0.4) is 0 Å². The van der Waals surface area contributed by atoms with Crippen LogP contribution in [0.2, 0.25) is 0 Å². The van der Waals surface area contributed by atoms with Crippen LogP contribution in [0, 0.1) is 29.6 Å². The Labute approximate surface area is 339 Å². The number of methoxy groups -OCH3 is 3. The van der Waals surface area contributed by atoms with Crippen LogP contribution in [-0.2, 0) is 42.9 Å². The lowest BCUT2D eigenvalue weighted by Gasteiger charge is -2.47. The van der Waals surface area contributed by atoms with Crippen molar-refractivity contribution in [2.24, 2.45) is 29.6 Å². The van der Waals surface area contributed by atoms with E-state index in [1.54, 1.807) is 27.0 Å². The van der Waals surface area contributed by atoms with Crippen LogP contribution in [0.25, 0.3) is 0 Å². The van der Waals surface area contributed by atoms with Gasteiger partial charge >= 0.3 is 5.97 Å². The molecule has 1 amide bonds. The first kappa shape index (κ1) is 46.9. The van der Waals surface area contributed by atoms with E-state index in [9.17, 15) is 34.5 Å². The number of rotatable bonds is 7. The van der Waals surface area contributed by atoms with E-state index in [0.717, 1.165) is 5.57 Å². The van der Waals surface area contributed by atoms with Crippen LogP contribution in [0.1, 0.15) is 105 Å². The van der Waals surface area contributed by atoms with E-state index in [-0.39, 0.29) is 49.5 Å². The van der Waals surface area contributed by atoms with Gasteiger partial charge in [0.1, 0.15) is 24.0 Å². The summed E-state index contributed by atoms with van der Waals surface area (Å²) >= 11 is 0. The van der Waals surface area contributed by atoms with Crippen LogP contribution in [-0.4, -0.2) is 126 Å². The number of nitrogens with zero attached hydrogens (tertiary/aromatic N) is 1. The van der Waals surface area contributed by atoms with Gasteiger partial charge in [-0.2, -0.15) is 0 Å². The molecule has 0 spiro atoms. The number of aliphatic hydroxyl groups is 3. The fraction of sp³-hybridized carbons (Fsp3) is 0.773. The smallest absolute Gasteiger partial charge is 0.329 e. The lowest BCUT2D eigenvalue weighted by Crippen LogP contribution is -2.64. The molecule has 3 fully saturated rings. The third-order valence-corrected chi connectivity index (χ3v) is 12.9. The first-order chi connectivity index (χ1) is 27.0. The number of Topliss-reactive ketones (excluding diaryl/α,β-unsaturated/α-hetero) is 2. The largest absolute Gasteiger partial charge is 0.456 e. The van der Waals surface area contributed by atoms with Crippen molar-refractivity contribution in [3.63, 3.8) is 0 Å². The quantitative estimate of drug-likeness (QED) is 0.185. The molecule has 57 heavy (non-hydrogen) atoms. The van der Waals surface area contributed by atoms with Gasteiger partial charge in [-0.05, 0) is 95.5 Å². The second kappa shape index (κ2) is 21.0. The molecule has 1 aliphatic carbocycles. The minimum atomic E-state index is -2.51. The zero-order chi connectivity index (χ0) is 42.2. The molecule has 3 aliphatic heterocycles. The van der Waals surface area contributed by atoms with Crippen molar-refractivity contribution < 1.29 is 58.2 Å². The summed E-state index contributed by atoms with van der Waals surface area (Å²) in [7, 11) is 4.61. The van der Waals surface area contributed by atoms with Crippen molar-refractivity contribution in [3.8, 4) is 0 Å². The van der Waals surface area contributed by atoms with Crippen molar-refractivity contribution in [3.05, 3.63) is 36.0 Å². The maximum absolute atomic E-state index is 14.3. The number of fused-ring (bicyclic) bond motifs is 3. The van der Waals surface area contributed by atoms with Gasteiger partial charge in [-0.15, -0.1) is 6.58 Å². The molecule has 2 bridgehead atoms. The Morgan fingerprint density at radius 1 is 0.930 bits per heavy atom. The van der Waals surface area contributed by atoms with Crippen molar-refractivity contribution in [2.75, 3.05) is 27.9 Å². The number of hydrogen-bond acceptors (Lipinski definition) is 12. The average Bonchev–Trinajstić information content (AvgIpc) is 3.18. The van der Waals surface area contributed by atoms with E-state index < -0.39 is 83.9 Å². The number of amides is 1. The molecule has 0 aromatic carbocycles. The van der Waals surface area contributed by atoms with E-state index >= 15 is 0 Å². The van der Waals surface area contributed by atoms with Crippen LogP contribution in [0.15, 0.2) is 36.0 Å². The molecule has 3 N–H and O–H groups in total. The Bertz CT molecular complexity index is 1480. The summed E-state index contributed by atoms with van der Waals surface area (Å²) in [4.78, 5) is 57.8. The molecule has 0 unspecified atom stereocenters. The predicted molar refractivity (Wildman–Crippen MR) is 213 cm³/mol. The zero-order valence-corrected chi connectivity index (χ0v) is 35.4. The third kappa shape index (κ3) is 11.3. The average molecular weight is 804 g/mol. The summed E-state index contributed by atoms with van der Waals surface area (Å²) in [6.07, 6.45) is 4.93. The summed E-state index contributed by atoms with van der Waals surface area (Å²) in [5.41, 5.74) is 1.61. The summed E-state index contributed by atoms with van der Waals surface area (Å²) in [5, 5.41) is 34.1. The lowest BCUT2D eigenvalue weighted by atomic mass is 9.81. The molecule has 322 valence electrons. The molecule has 1 saturated carbocycles. The number of aliphatic hydroxyl groups excluding tert-OH is 2. The standard InChI is InChI=1S/C44H69NO12/c1-10-13-31-19-25(2)18-26(3)20-37(54-8)40-38(55-9)22-28(5)44(52,57-40)41(49)42(50)45-17-12-11-14-32(45)43(51)56-39(29(6)34(47)24-35(31)48)27(4)21-30-15-16-33(46)36(23-30)53-7/h10,19,21,26,28-34,36-40,46-47,52H,1,11-18,20,22-24H2,2-9H3/b25-19-,27-21+/t26-,28-,29-,30+,31+,32-,33-,34+,36-,37-,38+,39-,40-,44-/m1/s1. The molecule has 14 atom stereocenters. The highest BCUT2D eigenvalue weighted by molar-refractivity contribution is 6.39. The second-order valence-corrected chi connectivity index (χ2v) is 17.3. The zero-order valence-electron chi connectivity index (χ0n) is 35.4. The van der Waals surface area contributed by atoms with Gasteiger partial charge in [-0.25, -0.2) is 4.79 Å². The van der Waals surface area contributed by atoms with Gasteiger partial charge in [0.15, 0.2) is 0 Å². The van der Waals surface area contributed by atoms with Crippen molar-refractivity contribution >= 4 is 23.4 Å². The molecule has 0 aromatic heterocycles. The molecule has 2 saturated heterocycles. The monoisotopic (exact) mass is 803 g/mol. The van der Waals surface area contributed by atoms with Gasteiger partial charge < -0.3 is 43.9 Å². The minimum absolute atomic E-state index is 0.00988. The van der Waals surface area contributed by atoms with Gasteiger partial charge in [0.05, 0.1) is 30.5 Å². The number of cyclic esters (lactones) is 1. The van der Waals surface area contributed by atoms with Crippen molar-refractivity contribution in [2.45, 2.75) is 160 Å². The Morgan fingerprint density at radius 3 is 2.25 bits per heavy atom. The normalized spacial score (nSPS) is 41.0. The van der Waals surface area contributed by atoms with E-state index in [0.29, 0.717) is 56.9 Å². The summed E-state index contributed by atoms with van der Waals surface area (Å²) in [6, 6.07) is -1.14. The van der Waals surface area contributed by atoms with Gasteiger partial charge in [0.25, 0.3) is 11.7 Å². The van der Waals surface area contributed by atoms with E-state index in [2.05, 4.69) is 6.58 Å². The van der Waals surface area contributed by atoms with Crippen molar-refractivity contribution in [1.29, 1.82) is 0 Å². The maximum Gasteiger partial charge on any atom is 0.329 e. The number of hydrogen-bond donors (Lipinski definition) is 3. The fourth-order valence-electron chi connectivity index (χ4n) is 9.42. The summed E-state index contributed by atoms with van der Waals surface area (Å²) in [6.45, 7) is 13.1. The third-order valence-electron chi connectivity index (χ3n) is 12.9. The van der Waals surface area contributed by atoms with E-state index in [1.807, 2.05) is 32.9 Å². The second-order valence-electron chi connectivity index (χ2n) is 17.3. The van der Waals surface area contributed by atoms with Crippen molar-refractivity contribution in [1.82, 2.24) is 4.90 Å². The van der Waals surface area contributed by atoms with Gasteiger partial charge in [-0.1, -0.05) is 44.6 Å². The van der Waals surface area contributed by atoms with Gasteiger partial charge in [0, 0.05) is 52.0 Å². The fourth-order valence-corrected chi connectivity index (χ4v) is 9.42. The highest BCUT2D eigenvalue weighted by atomic mass is 16.7. The first-order valence-electron chi connectivity index (χ1n) is 20.9. The molecular weight excluding hydrogens is 734 g/mol. The molecule has 4 rings (SSSR count). The van der Waals surface area contributed by atoms with Crippen LogP contribution >= 0.6 is 0 Å². The molecule has 4 aliphatic rings. The predicted octanol–water partition coefficient (Wildman–Crippen LogP) is 4.64. The van der Waals surface area contributed by atoms with Crippen LogP contribution in [0.5, 0.6) is 0 Å². The van der Waals surface area contributed by atoms with E-state index in [1.165, 1.54) is 19.1 Å². The molecule has 13 nitrogen and oxygen atoms in total. The summed E-state index contributed by atoms with van der Waals surface area (Å²) < 4.78 is 29.7. The minimum Gasteiger partial charge on any atom is -0.456 e. The SMILES string of the molecule is C=CC[C@H]1/C=C(/C)C[C@@H](C)C[C@@H](OC)[C@H]2O[C@@](O)(C(=O)C(=O)N3CCCC[C@@H]3C(=O)O[C@H](/C(C)=C/[C@@H]3CC[C@@H](O)[C@H](OC)C3)[C@H](C)[C@@H](O)CC1=O)[C@H](C)C[C@@H]2OC. The number of carbonyl (C=O) groups is 4. The number of piperidine rings is 1. The Kier molecular flexibility index (Phi) is 17.2. The van der Waals surface area contributed by atoms with Crippen LogP contribution < -0.4 is 0 Å². The number of allylic oxidation sites excluding steroid dienone is 4. The maximum atomic E-state index is 14.3. The van der Waals surface area contributed by atoms with Gasteiger partial charge in [0.2, 0.25) is 5.79 Å². The number of carbonyl (C=O) groups excluding carboxylic acids is 4. The molecular formula is C44H69NO12. The number of esters is 1. The van der Waals surface area contributed by atoms with E-state index in [4.69, 9.17) is 23.7 Å². The Morgan fingerprint density at radius 2 is 1.60 bits per heavy atom. The topological polar surface area (TPSA) is 178 Å². The molecule has 13 heteroatoms. The highest BCUT2D eigenvalue weighted by Gasteiger charge is 2.56. The first-order valence-corrected chi connectivity index (χ1v) is 20.9. The highest BCUT2D eigenvalue weighted by Crippen LogP contribution is 2.39. The lowest BCUT2D eigenvalue weighted by molar-refractivity contribution is -0.302. The Balaban J connectivity index is 1.78. The molecule has 0 aromatic rings. The summed E-state index contributed by atoms with van der Waals surface area (Å²) in [5.74, 6) is -7.76. The Hall–Kier alpha value is -2.78. The molecule has 0 radical (unpaired) electrons. The number of ketones is 2. The van der Waals surface area contributed by atoms with Gasteiger partial charge in [-0.3, -0.25) is 14.4 Å². The molecule has 3 heterocycles. The number of ether oxygens (including phenoxy) is 5. The van der Waals surface area contributed by atoms with Crippen LogP contribution in [0.4, 0.5) is 0 Å².